The second kappa shape index (κ2) is 4.69. The number of aliphatic hydroxyl groups is 1. The van der Waals surface area contributed by atoms with E-state index in [9.17, 15) is 9.50 Å². The Labute approximate surface area is 110 Å². The molecular formula is C14H18BrFO. The first-order chi connectivity index (χ1) is 7.89. The Morgan fingerprint density at radius 2 is 2.12 bits per heavy atom. The zero-order valence-electron chi connectivity index (χ0n) is 10.2. The molecule has 0 amide bonds. The predicted octanol–water partition coefficient (Wildman–Crippen LogP) is 3.93. The van der Waals surface area contributed by atoms with Gasteiger partial charge in [0.15, 0.2) is 0 Å². The van der Waals surface area contributed by atoms with Crippen molar-refractivity contribution in [3.63, 3.8) is 0 Å². The van der Waals surface area contributed by atoms with Crippen LogP contribution in [0.15, 0.2) is 22.7 Å². The largest absolute Gasteiger partial charge is 0.390 e. The van der Waals surface area contributed by atoms with Crippen molar-refractivity contribution >= 4 is 15.9 Å². The van der Waals surface area contributed by atoms with Crippen molar-refractivity contribution in [3.05, 3.63) is 34.1 Å². The van der Waals surface area contributed by atoms with Crippen LogP contribution >= 0.6 is 15.9 Å². The molecule has 1 aromatic carbocycles. The minimum absolute atomic E-state index is 0.235. The van der Waals surface area contributed by atoms with Gasteiger partial charge in [0.25, 0.3) is 0 Å². The summed E-state index contributed by atoms with van der Waals surface area (Å²) in [4.78, 5) is 0. The topological polar surface area (TPSA) is 20.2 Å². The quantitative estimate of drug-likeness (QED) is 0.897. The smallest absolute Gasteiger partial charge is 0.127 e. The predicted molar refractivity (Wildman–Crippen MR) is 70.3 cm³/mol. The zero-order chi connectivity index (χ0) is 12.6. The van der Waals surface area contributed by atoms with Crippen molar-refractivity contribution in [2.75, 3.05) is 0 Å². The third-order valence-corrected chi connectivity index (χ3v) is 4.25. The van der Waals surface area contributed by atoms with E-state index in [0.29, 0.717) is 23.8 Å². The van der Waals surface area contributed by atoms with Crippen molar-refractivity contribution in [2.24, 2.45) is 11.8 Å². The average Bonchev–Trinajstić information content (AvgIpc) is 2.18. The van der Waals surface area contributed by atoms with Crippen molar-refractivity contribution in [3.8, 4) is 0 Å². The lowest BCUT2D eigenvalue weighted by Gasteiger charge is -2.46. The molecule has 0 aromatic heterocycles. The third kappa shape index (κ3) is 2.89. The summed E-state index contributed by atoms with van der Waals surface area (Å²) in [5, 5.41) is 10.3. The van der Waals surface area contributed by atoms with Gasteiger partial charge in [0.05, 0.1) is 5.60 Å². The molecule has 1 aromatic rings. The Morgan fingerprint density at radius 3 is 2.65 bits per heavy atom. The van der Waals surface area contributed by atoms with Crippen molar-refractivity contribution in [1.82, 2.24) is 0 Å². The van der Waals surface area contributed by atoms with Crippen LogP contribution in [0.25, 0.3) is 0 Å². The summed E-state index contributed by atoms with van der Waals surface area (Å²) in [5.41, 5.74) is -0.0817. The number of halogens is 2. The summed E-state index contributed by atoms with van der Waals surface area (Å²) in [6, 6.07) is 5.03. The molecule has 3 heteroatoms. The molecule has 1 N–H and O–H groups in total. The molecule has 1 saturated carbocycles. The monoisotopic (exact) mass is 300 g/mol. The fraction of sp³-hybridized carbons (Fsp3) is 0.571. The Morgan fingerprint density at radius 1 is 1.47 bits per heavy atom. The lowest BCUT2D eigenvalue weighted by molar-refractivity contribution is -0.0864. The van der Waals surface area contributed by atoms with Crippen LogP contribution in [0, 0.1) is 17.7 Å². The second-order valence-corrected chi connectivity index (χ2v) is 6.46. The molecule has 2 rings (SSSR count). The number of hydrogen-bond donors (Lipinski definition) is 1. The molecule has 1 fully saturated rings. The van der Waals surface area contributed by atoms with Gasteiger partial charge in [0.2, 0.25) is 0 Å². The third-order valence-electron chi connectivity index (χ3n) is 3.76. The highest BCUT2D eigenvalue weighted by Crippen LogP contribution is 2.44. The summed E-state index contributed by atoms with van der Waals surface area (Å²) in [5.74, 6) is 0.948. The fourth-order valence-electron chi connectivity index (χ4n) is 2.55. The van der Waals surface area contributed by atoms with Crippen molar-refractivity contribution in [1.29, 1.82) is 0 Å². The Balaban J connectivity index is 2.02. The SMILES string of the molecule is CC(C)C1CC(O)(Cc2ccc(Br)cc2F)C1. The van der Waals surface area contributed by atoms with E-state index >= 15 is 0 Å². The summed E-state index contributed by atoms with van der Waals surface area (Å²) < 4.78 is 14.4. The minimum Gasteiger partial charge on any atom is -0.390 e. The maximum Gasteiger partial charge on any atom is 0.127 e. The summed E-state index contributed by atoms with van der Waals surface area (Å²) in [6.45, 7) is 4.34. The van der Waals surface area contributed by atoms with Crippen molar-refractivity contribution in [2.45, 2.75) is 38.7 Å². The van der Waals surface area contributed by atoms with Gasteiger partial charge in [0, 0.05) is 10.9 Å². The summed E-state index contributed by atoms with van der Waals surface area (Å²) in [7, 11) is 0. The Hall–Kier alpha value is -0.410. The van der Waals surface area contributed by atoms with Crippen LogP contribution in [-0.2, 0) is 6.42 Å². The molecule has 0 spiro atoms. The van der Waals surface area contributed by atoms with Crippen LogP contribution in [0.5, 0.6) is 0 Å². The molecular weight excluding hydrogens is 283 g/mol. The van der Waals surface area contributed by atoms with E-state index in [1.165, 1.54) is 6.07 Å². The van der Waals surface area contributed by atoms with Gasteiger partial charge in [-0.3, -0.25) is 0 Å². The van der Waals surface area contributed by atoms with E-state index in [0.717, 1.165) is 17.3 Å². The standard InChI is InChI=1S/C14H18BrFO/c1-9(2)11-7-14(17,8-11)6-10-3-4-12(15)5-13(10)16/h3-5,9,11,17H,6-8H2,1-2H3. The molecule has 17 heavy (non-hydrogen) atoms. The van der Waals surface area contributed by atoms with E-state index in [4.69, 9.17) is 0 Å². The zero-order valence-corrected chi connectivity index (χ0v) is 11.8. The molecule has 0 heterocycles. The van der Waals surface area contributed by atoms with Gasteiger partial charge in [-0.25, -0.2) is 4.39 Å². The second-order valence-electron chi connectivity index (χ2n) is 5.55. The van der Waals surface area contributed by atoms with Gasteiger partial charge >= 0.3 is 0 Å². The minimum atomic E-state index is -0.691. The number of rotatable bonds is 3. The van der Waals surface area contributed by atoms with Crippen LogP contribution < -0.4 is 0 Å². The number of hydrogen-bond acceptors (Lipinski definition) is 1. The van der Waals surface area contributed by atoms with Gasteiger partial charge in [-0.1, -0.05) is 35.8 Å². The molecule has 1 nitrogen and oxygen atoms in total. The number of benzene rings is 1. The summed E-state index contributed by atoms with van der Waals surface area (Å²) in [6.07, 6.45) is 2.01. The van der Waals surface area contributed by atoms with E-state index in [1.54, 1.807) is 6.07 Å². The van der Waals surface area contributed by atoms with Crippen LogP contribution in [0.3, 0.4) is 0 Å². The molecule has 1 aliphatic rings. The highest BCUT2D eigenvalue weighted by molar-refractivity contribution is 9.10. The van der Waals surface area contributed by atoms with Gasteiger partial charge in [-0.2, -0.15) is 0 Å². The van der Waals surface area contributed by atoms with E-state index in [1.807, 2.05) is 6.07 Å². The first-order valence-corrected chi connectivity index (χ1v) is 6.85. The first-order valence-electron chi connectivity index (χ1n) is 6.06. The van der Waals surface area contributed by atoms with Crippen LogP contribution in [-0.4, -0.2) is 10.7 Å². The molecule has 0 radical (unpaired) electrons. The highest BCUT2D eigenvalue weighted by atomic mass is 79.9. The van der Waals surface area contributed by atoms with E-state index in [-0.39, 0.29) is 5.82 Å². The van der Waals surface area contributed by atoms with Crippen molar-refractivity contribution < 1.29 is 9.50 Å². The van der Waals surface area contributed by atoms with Gasteiger partial charge in [0.1, 0.15) is 5.82 Å². The highest BCUT2D eigenvalue weighted by Gasteiger charge is 2.43. The fourth-order valence-corrected chi connectivity index (χ4v) is 2.88. The Kier molecular flexibility index (Phi) is 3.60. The molecule has 0 unspecified atom stereocenters. The molecule has 0 saturated heterocycles. The molecule has 1 aliphatic carbocycles. The van der Waals surface area contributed by atoms with E-state index in [2.05, 4.69) is 29.8 Å². The lowest BCUT2D eigenvalue weighted by atomic mass is 9.64. The normalized spacial score (nSPS) is 28.2. The first kappa shape index (κ1) is 13.0. The van der Waals surface area contributed by atoms with Crippen LogP contribution in [0.4, 0.5) is 4.39 Å². The maximum absolute atomic E-state index is 13.7. The lowest BCUT2D eigenvalue weighted by Crippen LogP contribution is -2.47. The summed E-state index contributed by atoms with van der Waals surface area (Å²) >= 11 is 3.23. The Bertz CT molecular complexity index is 411. The molecule has 0 bridgehead atoms. The van der Waals surface area contributed by atoms with Gasteiger partial charge in [-0.05, 0) is 42.4 Å². The average molecular weight is 301 g/mol. The molecule has 0 atom stereocenters. The van der Waals surface area contributed by atoms with Gasteiger partial charge in [-0.15, -0.1) is 0 Å². The van der Waals surface area contributed by atoms with Crippen LogP contribution in [0.2, 0.25) is 0 Å². The molecule has 0 aliphatic heterocycles. The van der Waals surface area contributed by atoms with E-state index < -0.39 is 5.60 Å². The van der Waals surface area contributed by atoms with Gasteiger partial charge < -0.3 is 5.11 Å². The maximum atomic E-state index is 13.7. The molecule has 94 valence electrons. The van der Waals surface area contributed by atoms with Crippen LogP contribution in [0.1, 0.15) is 32.3 Å².